The first-order valence-corrected chi connectivity index (χ1v) is 7.73. The molecule has 0 aliphatic heterocycles. The molecular formula is C16H32O4. The Bertz CT molecular complexity index is 288. The van der Waals surface area contributed by atoms with E-state index in [1.165, 1.54) is 7.11 Å². The molecule has 0 aliphatic carbocycles. The minimum atomic E-state index is -1.06. The first-order chi connectivity index (χ1) is 9.33. The lowest BCUT2D eigenvalue weighted by atomic mass is 9.65. The number of esters is 1. The van der Waals surface area contributed by atoms with Gasteiger partial charge in [0.1, 0.15) is 0 Å². The van der Waals surface area contributed by atoms with Crippen LogP contribution >= 0.6 is 0 Å². The maximum atomic E-state index is 12.4. The van der Waals surface area contributed by atoms with Gasteiger partial charge < -0.3 is 4.74 Å². The van der Waals surface area contributed by atoms with Crippen molar-refractivity contribution in [1.29, 1.82) is 0 Å². The Labute approximate surface area is 124 Å². The number of rotatable bonds is 10. The molecule has 0 fully saturated rings. The van der Waals surface area contributed by atoms with Gasteiger partial charge in [-0.1, -0.05) is 54.4 Å². The Balaban J connectivity index is 5.27. The van der Waals surface area contributed by atoms with E-state index < -0.39 is 5.60 Å². The van der Waals surface area contributed by atoms with Gasteiger partial charge in [0.15, 0.2) is 0 Å². The molecule has 0 N–H and O–H groups in total. The molecule has 0 aromatic heterocycles. The van der Waals surface area contributed by atoms with Crippen molar-refractivity contribution in [1.82, 2.24) is 0 Å². The average Bonchev–Trinajstić information content (AvgIpc) is 2.45. The summed E-state index contributed by atoms with van der Waals surface area (Å²) in [6.07, 6.45) is 3.41. The Hall–Kier alpha value is -0.610. The fraction of sp³-hybridized carbons (Fsp3) is 0.938. The van der Waals surface area contributed by atoms with E-state index in [1.807, 2.05) is 20.8 Å². The van der Waals surface area contributed by atoms with Crippen LogP contribution < -0.4 is 0 Å². The van der Waals surface area contributed by atoms with E-state index in [2.05, 4.69) is 20.8 Å². The second-order valence-corrected chi connectivity index (χ2v) is 5.96. The van der Waals surface area contributed by atoms with Gasteiger partial charge in [-0.05, 0) is 18.8 Å². The first kappa shape index (κ1) is 19.4. The summed E-state index contributed by atoms with van der Waals surface area (Å²) in [5, 5.41) is 0. The molecule has 0 rings (SSSR count). The molecular weight excluding hydrogens is 256 g/mol. The highest BCUT2D eigenvalue weighted by atomic mass is 17.2. The van der Waals surface area contributed by atoms with Gasteiger partial charge in [0.2, 0.25) is 5.60 Å². The molecule has 0 saturated carbocycles. The van der Waals surface area contributed by atoms with E-state index in [0.29, 0.717) is 18.9 Å². The van der Waals surface area contributed by atoms with Crippen LogP contribution in [0.25, 0.3) is 0 Å². The van der Waals surface area contributed by atoms with Crippen molar-refractivity contribution in [3.63, 3.8) is 0 Å². The van der Waals surface area contributed by atoms with Crippen LogP contribution in [0.4, 0.5) is 0 Å². The molecule has 0 aromatic rings. The SMILES string of the molecule is CCCCOOC(CC)(C(=O)OC)C(C)(C)C(C)CC. The van der Waals surface area contributed by atoms with Crippen molar-refractivity contribution in [2.24, 2.45) is 11.3 Å². The molecule has 4 heteroatoms. The maximum Gasteiger partial charge on any atom is 0.342 e. The standard InChI is InChI=1S/C16H32O4/c1-8-11-12-19-20-16(10-3,14(17)18-7)15(5,6)13(4)9-2/h13H,8-12H2,1-7H3. The third kappa shape index (κ3) is 3.95. The number of hydrogen-bond acceptors (Lipinski definition) is 4. The summed E-state index contributed by atoms with van der Waals surface area (Å²) < 4.78 is 5.00. The van der Waals surface area contributed by atoms with Crippen molar-refractivity contribution in [2.75, 3.05) is 13.7 Å². The van der Waals surface area contributed by atoms with Gasteiger partial charge in [-0.15, -0.1) is 0 Å². The summed E-state index contributed by atoms with van der Waals surface area (Å²) in [7, 11) is 1.40. The summed E-state index contributed by atoms with van der Waals surface area (Å²) in [5.74, 6) is -0.0573. The highest BCUT2D eigenvalue weighted by molar-refractivity contribution is 5.80. The smallest absolute Gasteiger partial charge is 0.342 e. The van der Waals surface area contributed by atoms with Crippen LogP contribution in [0.3, 0.4) is 0 Å². The Kier molecular flexibility index (Phi) is 8.36. The summed E-state index contributed by atoms with van der Waals surface area (Å²) in [5.41, 5.74) is -1.44. The van der Waals surface area contributed by atoms with Crippen LogP contribution in [-0.2, 0) is 19.3 Å². The summed E-state index contributed by atoms with van der Waals surface area (Å²) in [4.78, 5) is 23.3. The third-order valence-electron chi connectivity index (χ3n) is 4.68. The average molecular weight is 288 g/mol. The van der Waals surface area contributed by atoms with Crippen LogP contribution in [0.1, 0.15) is 67.2 Å². The minimum Gasteiger partial charge on any atom is -0.467 e. The normalized spacial score (nSPS) is 16.6. The second-order valence-electron chi connectivity index (χ2n) is 5.96. The molecule has 2 unspecified atom stereocenters. The van der Waals surface area contributed by atoms with Crippen molar-refractivity contribution in [2.45, 2.75) is 72.8 Å². The summed E-state index contributed by atoms with van der Waals surface area (Å²) in [6.45, 7) is 12.8. The highest BCUT2D eigenvalue weighted by Gasteiger charge is 2.55. The lowest BCUT2D eigenvalue weighted by molar-refractivity contribution is -0.380. The Morgan fingerprint density at radius 2 is 1.80 bits per heavy atom. The molecule has 0 aromatic carbocycles. The summed E-state index contributed by atoms with van der Waals surface area (Å²) in [6, 6.07) is 0. The molecule has 20 heavy (non-hydrogen) atoms. The van der Waals surface area contributed by atoms with E-state index in [9.17, 15) is 4.79 Å². The number of unbranched alkanes of at least 4 members (excludes halogenated alkanes) is 1. The van der Waals surface area contributed by atoms with Crippen LogP contribution in [0, 0.1) is 11.3 Å². The van der Waals surface area contributed by atoms with Gasteiger partial charge in [0, 0.05) is 5.41 Å². The maximum absolute atomic E-state index is 12.4. The van der Waals surface area contributed by atoms with Gasteiger partial charge in [0.25, 0.3) is 0 Å². The van der Waals surface area contributed by atoms with Gasteiger partial charge in [-0.3, -0.25) is 0 Å². The van der Waals surface area contributed by atoms with Crippen LogP contribution in [0.15, 0.2) is 0 Å². The lowest BCUT2D eigenvalue weighted by Crippen LogP contribution is -2.56. The zero-order chi connectivity index (χ0) is 15.8. The molecule has 0 amide bonds. The lowest BCUT2D eigenvalue weighted by Gasteiger charge is -2.45. The molecule has 120 valence electrons. The number of hydrogen-bond donors (Lipinski definition) is 0. The van der Waals surface area contributed by atoms with Crippen molar-refractivity contribution in [3.8, 4) is 0 Å². The zero-order valence-corrected chi connectivity index (χ0v) is 14.2. The molecule has 4 nitrogen and oxygen atoms in total. The van der Waals surface area contributed by atoms with Crippen molar-refractivity contribution >= 4 is 5.97 Å². The molecule has 0 radical (unpaired) electrons. The van der Waals surface area contributed by atoms with E-state index >= 15 is 0 Å². The molecule has 2 atom stereocenters. The topological polar surface area (TPSA) is 44.8 Å². The zero-order valence-electron chi connectivity index (χ0n) is 14.2. The van der Waals surface area contributed by atoms with Crippen molar-refractivity contribution < 1.29 is 19.3 Å². The number of carbonyl (C=O) groups is 1. The van der Waals surface area contributed by atoms with E-state index in [-0.39, 0.29) is 11.4 Å². The highest BCUT2D eigenvalue weighted by Crippen LogP contribution is 2.45. The Morgan fingerprint density at radius 3 is 2.20 bits per heavy atom. The molecule has 0 heterocycles. The number of ether oxygens (including phenoxy) is 1. The quantitative estimate of drug-likeness (QED) is 0.262. The molecule has 0 bridgehead atoms. The summed E-state index contributed by atoms with van der Waals surface area (Å²) >= 11 is 0. The predicted octanol–water partition coefficient (Wildman–Crippen LogP) is 4.13. The first-order valence-electron chi connectivity index (χ1n) is 7.73. The van der Waals surface area contributed by atoms with E-state index in [1.54, 1.807) is 0 Å². The van der Waals surface area contributed by atoms with Crippen LogP contribution in [0.5, 0.6) is 0 Å². The van der Waals surface area contributed by atoms with Crippen LogP contribution in [0.2, 0.25) is 0 Å². The van der Waals surface area contributed by atoms with E-state index in [4.69, 9.17) is 14.5 Å². The van der Waals surface area contributed by atoms with Gasteiger partial charge in [0.05, 0.1) is 13.7 Å². The number of carbonyl (C=O) groups excluding carboxylic acids is 1. The fourth-order valence-corrected chi connectivity index (χ4v) is 2.48. The molecule has 0 saturated heterocycles. The molecule has 0 aliphatic rings. The Morgan fingerprint density at radius 1 is 1.20 bits per heavy atom. The second kappa shape index (κ2) is 8.63. The van der Waals surface area contributed by atoms with Gasteiger partial charge in [-0.25, -0.2) is 14.6 Å². The van der Waals surface area contributed by atoms with Crippen LogP contribution in [-0.4, -0.2) is 25.3 Å². The number of methoxy groups -OCH3 is 1. The largest absolute Gasteiger partial charge is 0.467 e. The third-order valence-corrected chi connectivity index (χ3v) is 4.68. The van der Waals surface area contributed by atoms with Gasteiger partial charge in [-0.2, -0.15) is 0 Å². The monoisotopic (exact) mass is 288 g/mol. The predicted molar refractivity (Wildman–Crippen MR) is 80.2 cm³/mol. The van der Waals surface area contributed by atoms with Gasteiger partial charge >= 0.3 is 5.97 Å². The molecule has 0 spiro atoms. The van der Waals surface area contributed by atoms with Crippen molar-refractivity contribution in [3.05, 3.63) is 0 Å². The fourth-order valence-electron chi connectivity index (χ4n) is 2.48. The minimum absolute atomic E-state index is 0.302. The van der Waals surface area contributed by atoms with E-state index in [0.717, 1.165) is 19.3 Å².